The van der Waals surface area contributed by atoms with Gasteiger partial charge in [-0.1, -0.05) is 108 Å². The lowest BCUT2D eigenvalue weighted by Crippen LogP contribution is -2.54. The van der Waals surface area contributed by atoms with E-state index in [1.54, 1.807) is 0 Å². The summed E-state index contributed by atoms with van der Waals surface area (Å²) < 4.78 is 14.2. The van der Waals surface area contributed by atoms with Gasteiger partial charge in [0.25, 0.3) is 0 Å². The molecule has 0 aromatic heterocycles. The number of benzene rings is 1. The fourth-order valence-electron chi connectivity index (χ4n) is 20.1. The summed E-state index contributed by atoms with van der Waals surface area (Å²) in [7, 11) is 0. The summed E-state index contributed by atoms with van der Waals surface area (Å²) in [4.78, 5) is 0. The van der Waals surface area contributed by atoms with E-state index in [2.05, 4.69) is 81.4 Å². The van der Waals surface area contributed by atoms with E-state index in [0.29, 0.717) is 33.4 Å². The van der Waals surface area contributed by atoms with Crippen molar-refractivity contribution in [3.8, 4) is 11.5 Å². The Morgan fingerprint density at radius 3 is 1.23 bits per heavy atom. The van der Waals surface area contributed by atoms with Crippen LogP contribution < -0.4 is 9.47 Å². The van der Waals surface area contributed by atoms with Crippen molar-refractivity contribution in [1.29, 1.82) is 0 Å². The molecule has 8 aliphatic carbocycles. The summed E-state index contributed by atoms with van der Waals surface area (Å²) >= 11 is 13.6. The minimum atomic E-state index is 0.255. The molecule has 9 rings (SSSR count). The zero-order chi connectivity index (χ0) is 46.8. The van der Waals surface area contributed by atoms with Gasteiger partial charge in [0.2, 0.25) is 0 Å². The van der Waals surface area contributed by atoms with Crippen LogP contribution in [0.15, 0.2) is 12.1 Å². The van der Waals surface area contributed by atoms with Gasteiger partial charge in [0.05, 0.1) is 24.0 Å². The van der Waals surface area contributed by atoms with Gasteiger partial charge in [-0.3, -0.25) is 0 Å². The van der Waals surface area contributed by atoms with Gasteiger partial charge in [-0.15, -0.1) is 23.2 Å². The molecule has 0 saturated heterocycles. The third kappa shape index (κ3) is 9.25. The number of ether oxygens (including phenoxy) is 2. The van der Waals surface area contributed by atoms with Gasteiger partial charge >= 0.3 is 0 Å². The SMILES string of the molecule is CC(C)CCC[C@@H](C)[C@H]1CCC2C3CCC4CC(Oc5cc(CCl)c(OC6CC[C@@]7(C)C(CCC8C7CC[C@@]7(C)C8CC[C@@H]7[C@H](C)CCCC(C)C)C6)cc5CCl)CC[C@]4(C)C3CC[C@@]21C. The van der Waals surface area contributed by atoms with Crippen LogP contribution in [0.3, 0.4) is 0 Å². The molecule has 0 radical (unpaired) electrons. The molecule has 8 fully saturated rings. The normalized spacial score (nSPS) is 43.8. The van der Waals surface area contributed by atoms with E-state index in [4.69, 9.17) is 32.7 Å². The van der Waals surface area contributed by atoms with Crippen molar-refractivity contribution in [2.24, 2.45) is 105 Å². The Morgan fingerprint density at radius 2 is 0.848 bits per heavy atom. The zero-order valence-corrected chi connectivity index (χ0v) is 45.9. The number of hydrogen-bond acceptors (Lipinski definition) is 2. The van der Waals surface area contributed by atoms with Crippen molar-refractivity contribution in [2.45, 2.75) is 247 Å². The lowest BCUT2D eigenvalue weighted by Gasteiger charge is -2.61. The molecule has 0 aliphatic heterocycles. The number of fused-ring (bicyclic) bond motifs is 10. The first-order valence-electron chi connectivity index (χ1n) is 29.1. The number of rotatable bonds is 16. The average Bonchev–Trinajstić information content (AvgIpc) is 3.83. The quantitative estimate of drug-likeness (QED) is 0.154. The van der Waals surface area contributed by atoms with Gasteiger partial charge < -0.3 is 9.47 Å². The molecule has 8 saturated carbocycles. The highest BCUT2D eigenvalue weighted by atomic mass is 35.5. The van der Waals surface area contributed by atoms with Crippen molar-refractivity contribution in [3.05, 3.63) is 23.3 Å². The fourth-order valence-corrected chi connectivity index (χ4v) is 20.5. The van der Waals surface area contributed by atoms with E-state index in [1.807, 2.05) is 0 Å². The minimum absolute atomic E-state index is 0.255. The van der Waals surface area contributed by atoms with Crippen molar-refractivity contribution < 1.29 is 9.47 Å². The number of alkyl halides is 2. The summed E-state index contributed by atoms with van der Waals surface area (Å²) in [6, 6.07) is 4.45. The first-order chi connectivity index (χ1) is 31.5. The van der Waals surface area contributed by atoms with Crippen LogP contribution >= 0.6 is 23.2 Å². The van der Waals surface area contributed by atoms with Gasteiger partial charge in [-0.2, -0.15) is 0 Å². The Morgan fingerprint density at radius 1 is 0.470 bits per heavy atom. The second-order valence-electron chi connectivity index (χ2n) is 27.7. The van der Waals surface area contributed by atoms with Gasteiger partial charge in [-0.05, 0) is 232 Å². The van der Waals surface area contributed by atoms with E-state index in [1.165, 1.54) is 141 Å². The van der Waals surface area contributed by atoms with Crippen LogP contribution in [0.4, 0.5) is 0 Å². The Labute approximate surface area is 417 Å². The summed E-state index contributed by atoms with van der Waals surface area (Å²) in [5, 5.41) is 0. The largest absolute Gasteiger partial charge is 0.490 e. The molecule has 8 aliphatic rings. The van der Waals surface area contributed by atoms with Crippen molar-refractivity contribution in [1.82, 2.24) is 0 Å². The predicted octanol–water partition coefficient (Wildman–Crippen LogP) is 18.9. The van der Waals surface area contributed by atoms with Crippen LogP contribution in [-0.2, 0) is 11.8 Å². The number of halogens is 2. The molecule has 0 bridgehead atoms. The molecule has 1 aromatic rings. The molecule has 66 heavy (non-hydrogen) atoms. The van der Waals surface area contributed by atoms with E-state index in [9.17, 15) is 0 Å². The highest BCUT2D eigenvalue weighted by molar-refractivity contribution is 6.18. The van der Waals surface area contributed by atoms with Crippen LogP contribution in [0.5, 0.6) is 11.5 Å². The lowest BCUT2D eigenvalue weighted by molar-refractivity contribution is -0.127. The molecule has 0 amide bonds. The van der Waals surface area contributed by atoms with Gasteiger partial charge in [0.1, 0.15) is 11.5 Å². The zero-order valence-electron chi connectivity index (χ0n) is 44.3. The Kier molecular flexibility index (Phi) is 15.4. The van der Waals surface area contributed by atoms with Gasteiger partial charge in [0.15, 0.2) is 0 Å². The molecule has 0 heterocycles. The summed E-state index contributed by atoms with van der Waals surface area (Å²) in [6.07, 6.45) is 33.8. The van der Waals surface area contributed by atoms with Crippen molar-refractivity contribution in [3.63, 3.8) is 0 Å². The molecule has 4 heteroatoms. The maximum atomic E-state index is 7.09. The summed E-state index contributed by atoms with van der Waals surface area (Å²) in [5.41, 5.74) is 4.20. The maximum absolute atomic E-state index is 7.09. The molecule has 374 valence electrons. The molecule has 2 nitrogen and oxygen atoms in total. The first kappa shape index (κ1) is 50.3. The third-order valence-corrected chi connectivity index (χ3v) is 24.3. The lowest BCUT2D eigenvalue weighted by atomic mass is 9.44. The highest BCUT2D eigenvalue weighted by Crippen LogP contribution is 2.70. The molecular weight excluding hydrogens is 848 g/mol. The summed E-state index contributed by atoms with van der Waals surface area (Å²) in [5.74, 6) is 15.2. The van der Waals surface area contributed by atoms with Crippen LogP contribution in [0, 0.1) is 105 Å². The number of hydrogen-bond donors (Lipinski definition) is 0. The third-order valence-electron chi connectivity index (χ3n) is 23.8. The molecule has 10 unspecified atom stereocenters. The second-order valence-corrected chi connectivity index (χ2v) is 28.3. The average molecular weight is 948 g/mol. The van der Waals surface area contributed by atoms with E-state index in [-0.39, 0.29) is 12.2 Å². The van der Waals surface area contributed by atoms with Gasteiger partial charge in [-0.25, -0.2) is 0 Å². The maximum Gasteiger partial charge on any atom is 0.124 e. The smallest absolute Gasteiger partial charge is 0.124 e. The van der Waals surface area contributed by atoms with Crippen LogP contribution in [0.2, 0.25) is 0 Å². The first-order valence-corrected chi connectivity index (χ1v) is 30.2. The molecule has 1 aromatic carbocycles. The molecule has 18 atom stereocenters. The summed E-state index contributed by atoms with van der Waals surface area (Å²) in [6.45, 7) is 25.8. The fraction of sp³-hybridized carbons (Fsp3) is 0.903. The monoisotopic (exact) mass is 947 g/mol. The predicted molar refractivity (Wildman–Crippen MR) is 281 cm³/mol. The second kappa shape index (κ2) is 20.1. The Bertz CT molecular complexity index is 1660. The van der Waals surface area contributed by atoms with E-state index in [0.717, 1.165) is 118 Å². The van der Waals surface area contributed by atoms with E-state index >= 15 is 0 Å². The standard InChI is InChI=1S/C62H100Cl2O2/c1-39(2)13-11-15-41(5)51-21-23-53-49-19-17-45-35-47(25-29-59(45,7)55(49)27-31-61(51,53)9)65-57-33-44(38-64)58(34-43(57)37-63)66-48-26-30-60(8)46(36-48)18-20-50-54-24-22-52(42(6)16-12-14-40(3)4)62(54,10)32-28-56(50)60/h33-34,39-42,45-56H,11-32,35-38H2,1-10H3/t41-,42-,45?,46?,47?,48?,49?,50?,51-,52-,53?,54?,55?,56?,59+,60+,61-,62-/m1/s1. The topological polar surface area (TPSA) is 18.5 Å². The molecule has 0 N–H and O–H groups in total. The Hall–Kier alpha value is -0.600. The van der Waals surface area contributed by atoms with Crippen LogP contribution in [0.1, 0.15) is 234 Å². The van der Waals surface area contributed by atoms with Crippen LogP contribution in [0.25, 0.3) is 0 Å². The Balaban J connectivity index is 0.801. The molecule has 0 spiro atoms. The van der Waals surface area contributed by atoms with Gasteiger partial charge in [0, 0.05) is 11.1 Å². The highest BCUT2D eigenvalue weighted by Gasteiger charge is 2.62. The van der Waals surface area contributed by atoms with Crippen molar-refractivity contribution >= 4 is 23.2 Å². The van der Waals surface area contributed by atoms with Crippen molar-refractivity contribution in [2.75, 3.05) is 0 Å². The van der Waals surface area contributed by atoms with Crippen LogP contribution in [-0.4, -0.2) is 12.2 Å². The molecular formula is C62H100Cl2O2. The van der Waals surface area contributed by atoms with E-state index < -0.39 is 0 Å². The minimum Gasteiger partial charge on any atom is -0.490 e.